The van der Waals surface area contributed by atoms with Crippen molar-refractivity contribution in [2.24, 2.45) is 0 Å². The number of allylic oxidation sites excluding steroid dienone is 8. The Kier molecular flexibility index (Phi) is 8.26. The first kappa shape index (κ1) is 34.4. The van der Waals surface area contributed by atoms with Gasteiger partial charge in [0.05, 0.1) is 45.5 Å². The standard InChI is InChI=1S/C36H7F7N8/c37-34-32-22(24(14-50)28(30(32)20(10-46)11-47)16-1-3-18(8-44)26(5-16)35(38,39)40)7-23-25(15-51)29(31(33(23)34)21(12-48)13-49)17-2-4-19(9-45)27(6-17)36(41,42)43/h1-7H. The molecule has 0 saturated heterocycles. The molecule has 0 heterocycles. The summed E-state index contributed by atoms with van der Waals surface area (Å²) in [6, 6.07) is 17.6. The molecule has 0 aliphatic heterocycles. The van der Waals surface area contributed by atoms with Gasteiger partial charge in [0.1, 0.15) is 53.4 Å². The van der Waals surface area contributed by atoms with Gasteiger partial charge in [-0.3, -0.25) is 0 Å². The summed E-state index contributed by atoms with van der Waals surface area (Å²) in [6.07, 6.45) is -10.2. The minimum absolute atomic E-state index is 0.445. The van der Waals surface area contributed by atoms with Crippen LogP contribution >= 0.6 is 0 Å². The Hall–Kier alpha value is -7.95. The van der Waals surface area contributed by atoms with Crippen molar-refractivity contribution in [2.75, 3.05) is 0 Å². The van der Waals surface area contributed by atoms with E-state index < -0.39 is 118 Å². The molecular weight excluding hydrogens is 677 g/mol. The van der Waals surface area contributed by atoms with Gasteiger partial charge in [0.15, 0.2) is 0 Å². The van der Waals surface area contributed by atoms with Gasteiger partial charge in [-0.25, -0.2) is 4.39 Å². The topological polar surface area (TPSA) is 190 Å². The van der Waals surface area contributed by atoms with Crippen molar-refractivity contribution >= 4 is 33.4 Å². The maximum atomic E-state index is 17.2. The maximum Gasteiger partial charge on any atom is 0.417 e. The summed E-state index contributed by atoms with van der Waals surface area (Å²) in [7, 11) is 0. The third kappa shape index (κ3) is 5.19. The Balaban J connectivity index is 1.98. The fourth-order valence-electron chi connectivity index (χ4n) is 5.95. The van der Waals surface area contributed by atoms with Crippen LogP contribution in [0.4, 0.5) is 30.7 Å². The zero-order chi connectivity index (χ0) is 37.6. The second-order valence-corrected chi connectivity index (χ2v) is 10.4. The first-order valence-electron chi connectivity index (χ1n) is 13.7. The zero-order valence-corrected chi connectivity index (χ0v) is 24.8. The summed E-state index contributed by atoms with van der Waals surface area (Å²) in [5.41, 5.74) is -13.2. The highest BCUT2D eigenvalue weighted by atomic mass is 19.4. The number of hydrogen-bond acceptors (Lipinski definition) is 8. The number of hydrogen-bond donors (Lipinski definition) is 0. The third-order valence-corrected chi connectivity index (χ3v) is 7.94. The van der Waals surface area contributed by atoms with Crippen molar-refractivity contribution in [2.45, 2.75) is 12.4 Å². The normalized spacial score (nSPS) is 13.0. The molecule has 0 radical (unpaired) electrons. The fourth-order valence-corrected chi connectivity index (χ4v) is 5.95. The summed E-state index contributed by atoms with van der Waals surface area (Å²) < 4.78 is 101. The molecule has 3 aromatic carbocycles. The maximum absolute atomic E-state index is 17.2. The van der Waals surface area contributed by atoms with E-state index in [2.05, 4.69) is 0 Å². The Morgan fingerprint density at radius 1 is 0.490 bits per heavy atom. The third-order valence-electron chi connectivity index (χ3n) is 7.94. The van der Waals surface area contributed by atoms with Crippen LogP contribution < -0.4 is 0 Å². The zero-order valence-electron chi connectivity index (χ0n) is 24.8. The molecule has 0 bridgehead atoms. The SMILES string of the molecule is N#CC(C#N)=C1C(c2ccc(C#N)c(C(F)(F)F)c2)=C(C#N)c2cc3c(c(F)c21)C(=C(C#N)C#N)C(c1ccc(C#N)c(C(F)(F)F)c1)=C3C#N. The van der Waals surface area contributed by atoms with E-state index in [1.54, 1.807) is 12.1 Å². The van der Waals surface area contributed by atoms with Crippen LogP contribution in [-0.4, -0.2) is 0 Å². The molecular formula is C36H7F7N8. The molecule has 0 N–H and O–H groups in total. The first-order chi connectivity index (χ1) is 24.2. The number of fused-ring (bicyclic) bond motifs is 2. The molecule has 3 aromatic rings. The quantitative estimate of drug-likeness (QED) is 0.191. The fraction of sp³-hybridized carbons (Fsp3) is 0.0556. The molecule has 0 atom stereocenters. The van der Waals surface area contributed by atoms with Gasteiger partial charge in [-0.15, -0.1) is 0 Å². The molecule has 0 unspecified atom stereocenters. The van der Waals surface area contributed by atoms with Gasteiger partial charge in [-0.05, 0) is 41.5 Å². The highest BCUT2D eigenvalue weighted by molar-refractivity contribution is 6.30. The number of nitrogens with zero attached hydrogens (tertiary/aromatic N) is 8. The summed E-state index contributed by atoms with van der Waals surface area (Å²) in [6.45, 7) is 0. The van der Waals surface area contributed by atoms with Crippen LogP contribution in [0, 0.1) is 96.5 Å². The van der Waals surface area contributed by atoms with Crippen molar-refractivity contribution in [3.8, 4) is 48.6 Å². The lowest BCUT2D eigenvalue weighted by Crippen LogP contribution is -2.09. The van der Waals surface area contributed by atoms with Crippen molar-refractivity contribution in [1.82, 2.24) is 0 Å². The van der Waals surface area contributed by atoms with Crippen LogP contribution in [-0.2, 0) is 12.4 Å². The van der Waals surface area contributed by atoms with Crippen LogP contribution in [0.15, 0.2) is 53.6 Å². The van der Waals surface area contributed by atoms with Gasteiger partial charge in [0.25, 0.3) is 0 Å². The second-order valence-electron chi connectivity index (χ2n) is 10.4. The molecule has 0 saturated carbocycles. The Labute approximate surface area is 282 Å². The Morgan fingerprint density at radius 2 is 0.843 bits per heavy atom. The van der Waals surface area contributed by atoms with E-state index in [1.807, 2.05) is 0 Å². The smallest absolute Gasteiger partial charge is 0.206 e. The van der Waals surface area contributed by atoms with Gasteiger partial charge in [0.2, 0.25) is 0 Å². The van der Waals surface area contributed by atoms with E-state index in [0.29, 0.717) is 12.1 Å². The van der Waals surface area contributed by atoms with Gasteiger partial charge in [0, 0.05) is 44.5 Å². The lowest BCUT2D eigenvalue weighted by Gasteiger charge is -2.15. The molecule has 8 nitrogen and oxygen atoms in total. The van der Waals surface area contributed by atoms with Crippen LogP contribution in [0.5, 0.6) is 0 Å². The lowest BCUT2D eigenvalue weighted by molar-refractivity contribution is -0.138. The molecule has 15 heteroatoms. The predicted molar refractivity (Wildman–Crippen MR) is 160 cm³/mol. The minimum atomic E-state index is -5.10. The molecule has 0 amide bonds. The molecule has 0 spiro atoms. The summed E-state index contributed by atoms with van der Waals surface area (Å²) in [5, 5.41) is 78.5. The minimum Gasteiger partial charge on any atom is -0.206 e. The van der Waals surface area contributed by atoms with Crippen LogP contribution in [0.2, 0.25) is 0 Å². The van der Waals surface area contributed by atoms with E-state index in [0.717, 1.165) is 30.3 Å². The molecule has 240 valence electrons. The second kappa shape index (κ2) is 12.3. The Morgan fingerprint density at radius 3 is 1.12 bits per heavy atom. The summed E-state index contributed by atoms with van der Waals surface area (Å²) >= 11 is 0. The Bertz CT molecular complexity index is 2440. The molecule has 2 aliphatic carbocycles. The highest BCUT2D eigenvalue weighted by Gasteiger charge is 2.43. The number of alkyl halides is 6. The summed E-state index contributed by atoms with van der Waals surface area (Å²) in [4.78, 5) is 0. The van der Waals surface area contributed by atoms with Crippen molar-refractivity contribution < 1.29 is 30.7 Å². The van der Waals surface area contributed by atoms with E-state index in [-0.39, 0.29) is 0 Å². The van der Waals surface area contributed by atoms with Gasteiger partial charge in [-0.2, -0.15) is 68.4 Å². The molecule has 5 rings (SSSR count). The molecule has 0 aromatic heterocycles. The van der Waals surface area contributed by atoms with Crippen molar-refractivity contribution in [1.29, 1.82) is 42.1 Å². The number of rotatable bonds is 2. The van der Waals surface area contributed by atoms with Crippen LogP contribution in [0.3, 0.4) is 0 Å². The van der Waals surface area contributed by atoms with Crippen LogP contribution in [0.1, 0.15) is 55.6 Å². The van der Waals surface area contributed by atoms with Crippen molar-refractivity contribution in [3.63, 3.8) is 0 Å². The van der Waals surface area contributed by atoms with E-state index in [1.165, 1.54) is 36.4 Å². The van der Waals surface area contributed by atoms with E-state index in [9.17, 15) is 68.4 Å². The number of nitriles is 8. The molecule has 51 heavy (non-hydrogen) atoms. The molecule has 0 fully saturated rings. The average molecular weight is 684 g/mol. The van der Waals surface area contributed by atoms with Crippen molar-refractivity contribution in [3.05, 3.63) is 115 Å². The predicted octanol–water partition coefficient (Wildman–Crippen LogP) is 8.10. The van der Waals surface area contributed by atoms with Crippen LogP contribution in [0.25, 0.3) is 33.4 Å². The lowest BCUT2D eigenvalue weighted by atomic mass is 9.87. The molecule has 2 aliphatic rings. The van der Waals surface area contributed by atoms with E-state index in [4.69, 9.17) is 0 Å². The van der Waals surface area contributed by atoms with Gasteiger partial charge >= 0.3 is 12.4 Å². The van der Waals surface area contributed by atoms with E-state index >= 15 is 4.39 Å². The number of benzene rings is 3. The largest absolute Gasteiger partial charge is 0.417 e. The monoisotopic (exact) mass is 684 g/mol. The average Bonchev–Trinajstić information content (AvgIpc) is 3.61. The number of halogens is 7. The highest BCUT2D eigenvalue weighted by Crippen LogP contribution is 2.56. The first-order valence-corrected chi connectivity index (χ1v) is 13.7. The summed E-state index contributed by atoms with van der Waals surface area (Å²) in [5.74, 6) is -1.47. The van der Waals surface area contributed by atoms with Gasteiger partial charge in [-0.1, -0.05) is 12.1 Å². The van der Waals surface area contributed by atoms with Gasteiger partial charge < -0.3 is 0 Å².